The number of aromatic nitrogens is 5. The first-order valence-electron chi connectivity index (χ1n) is 11.2. The number of hydrogen-bond acceptors (Lipinski definition) is 4. The number of hydrogen-bond donors (Lipinski definition) is 1. The Morgan fingerprint density at radius 3 is 2.94 bits per heavy atom. The second-order valence-corrected chi connectivity index (χ2v) is 8.78. The standard InChI is InChI=1S/C25H23FN6O/c1-15-10-18(26)17(11-21(15)31-13-20(28-14-31)16-7-8-16)25(33)30-23-5-2-4-19(29-23)22-12-27-24-6-3-9-32(22)24/h2,4-5,10-14,16H,3,6-9H2,1H3,(H,29,30,33). The average Bonchev–Trinajstić information content (AvgIpc) is 3.18. The summed E-state index contributed by atoms with van der Waals surface area (Å²) in [5.74, 6) is 0.830. The van der Waals surface area contributed by atoms with E-state index in [9.17, 15) is 9.18 Å². The fourth-order valence-electron chi connectivity index (χ4n) is 4.47. The number of fused-ring (bicyclic) bond motifs is 1. The molecule has 1 N–H and O–H groups in total. The molecule has 4 heterocycles. The number of carbonyl (C=O) groups is 1. The van der Waals surface area contributed by atoms with Crippen molar-refractivity contribution >= 4 is 11.7 Å². The van der Waals surface area contributed by atoms with E-state index in [-0.39, 0.29) is 5.56 Å². The van der Waals surface area contributed by atoms with Gasteiger partial charge in [0.05, 0.1) is 40.9 Å². The van der Waals surface area contributed by atoms with Crippen LogP contribution in [-0.4, -0.2) is 30.0 Å². The summed E-state index contributed by atoms with van der Waals surface area (Å²) in [6, 6.07) is 8.38. The number of pyridine rings is 1. The van der Waals surface area contributed by atoms with Crippen molar-refractivity contribution in [3.8, 4) is 17.1 Å². The van der Waals surface area contributed by atoms with Gasteiger partial charge in [-0.1, -0.05) is 6.07 Å². The van der Waals surface area contributed by atoms with Crippen LogP contribution in [0.1, 0.15) is 52.6 Å². The van der Waals surface area contributed by atoms with Crippen LogP contribution in [0.15, 0.2) is 49.1 Å². The quantitative estimate of drug-likeness (QED) is 0.488. The summed E-state index contributed by atoms with van der Waals surface area (Å²) in [5.41, 5.74) is 4.13. The number of nitrogens with zero attached hydrogens (tertiary/aromatic N) is 5. The molecule has 0 radical (unpaired) electrons. The van der Waals surface area contributed by atoms with Crippen LogP contribution in [0.3, 0.4) is 0 Å². The van der Waals surface area contributed by atoms with E-state index in [1.807, 2.05) is 36.0 Å². The topological polar surface area (TPSA) is 77.6 Å². The van der Waals surface area contributed by atoms with Gasteiger partial charge in [-0.2, -0.15) is 0 Å². The Labute approximate surface area is 190 Å². The number of nitrogens with one attached hydrogen (secondary N) is 1. The molecule has 2 aliphatic rings. The summed E-state index contributed by atoms with van der Waals surface area (Å²) in [7, 11) is 0. The van der Waals surface area contributed by atoms with Crippen molar-refractivity contribution in [1.82, 2.24) is 24.1 Å². The number of benzene rings is 1. The van der Waals surface area contributed by atoms with E-state index in [0.29, 0.717) is 11.7 Å². The minimum absolute atomic E-state index is 0.0327. The molecular weight excluding hydrogens is 419 g/mol. The molecule has 0 unspecified atom stereocenters. The fraction of sp³-hybridized carbons (Fsp3) is 0.280. The zero-order valence-electron chi connectivity index (χ0n) is 18.3. The first-order valence-corrected chi connectivity index (χ1v) is 11.2. The van der Waals surface area contributed by atoms with Gasteiger partial charge in [0.25, 0.3) is 5.91 Å². The maximum atomic E-state index is 14.8. The zero-order chi connectivity index (χ0) is 22.5. The molecule has 0 spiro atoms. The molecule has 1 aromatic carbocycles. The van der Waals surface area contributed by atoms with E-state index in [0.717, 1.165) is 66.4 Å². The Kier molecular flexibility index (Phi) is 4.60. The Morgan fingerprint density at radius 2 is 2.09 bits per heavy atom. The number of anilines is 1. The maximum Gasteiger partial charge on any atom is 0.259 e. The summed E-state index contributed by atoms with van der Waals surface area (Å²) >= 11 is 0. The van der Waals surface area contributed by atoms with Gasteiger partial charge in [0.1, 0.15) is 17.5 Å². The first-order chi connectivity index (χ1) is 16.1. The third kappa shape index (κ3) is 3.61. The van der Waals surface area contributed by atoms with Crippen molar-refractivity contribution in [3.63, 3.8) is 0 Å². The molecule has 0 bridgehead atoms. The van der Waals surface area contributed by atoms with Crippen LogP contribution < -0.4 is 5.32 Å². The number of rotatable bonds is 5. The van der Waals surface area contributed by atoms with E-state index in [1.165, 1.54) is 6.07 Å². The second kappa shape index (κ2) is 7.65. The molecule has 6 rings (SSSR count). The molecule has 1 saturated carbocycles. The van der Waals surface area contributed by atoms with E-state index in [1.54, 1.807) is 18.5 Å². The molecule has 8 heteroatoms. The highest BCUT2D eigenvalue weighted by molar-refractivity contribution is 6.04. The monoisotopic (exact) mass is 442 g/mol. The van der Waals surface area contributed by atoms with Gasteiger partial charge in [-0.3, -0.25) is 4.79 Å². The van der Waals surface area contributed by atoms with E-state index >= 15 is 0 Å². The van der Waals surface area contributed by atoms with Crippen LogP contribution in [0.25, 0.3) is 17.1 Å². The Morgan fingerprint density at radius 1 is 1.21 bits per heavy atom. The van der Waals surface area contributed by atoms with Crippen molar-refractivity contribution in [2.45, 2.75) is 45.1 Å². The Hall–Kier alpha value is -3.81. The lowest BCUT2D eigenvalue weighted by molar-refractivity contribution is 0.102. The van der Waals surface area contributed by atoms with Crippen molar-refractivity contribution in [3.05, 3.63) is 77.5 Å². The van der Waals surface area contributed by atoms with Crippen LogP contribution in [0.2, 0.25) is 0 Å². The third-order valence-corrected chi connectivity index (χ3v) is 6.38. The summed E-state index contributed by atoms with van der Waals surface area (Å²) in [6.45, 7) is 2.74. The number of amides is 1. The van der Waals surface area contributed by atoms with Crippen molar-refractivity contribution in [2.75, 3.05) is 5.32 Å². The van der Waals surface area contributed by atoms with Crippen LogP contribution in [-0.2, 0) is 13.0 Å². The van der Waals surface area contributed by atoms with Gasteiger partial charge >= 0.3 is 0 Å². The highest BCUT2D eigenvalue weighted by Crippen LogP contribution is 2.39. The smallest absolute Gasteiger partial charge is 0.259 e. The lowest BCUT2D eigenvalue weighted by Crippen LogP contribution is -2.16. The molecule has 1 fully saturated rings. The Bertz CT molecular complexity index is 1380. The Balaban J connectivity index is 1.28. The van der Waals surface area contributed by atoms with Crippen LogP contribution >= 0.6 is 0 Å². The normalized spacial score (nSPS) is 15.0. The molecule has 3 aromatic heterocycles. The predicted molar refractivity (Wildman–Crippen MR) is 122 cm³/mol. The van der Waals surface area contributed by atoms with Crippen LogP contribution in [0, 0.1) is 12.7 Å². The molecular formula is C25H23FN6O. The van der Waals surface area contributed by atoms with Gasteiger partial charge < -0.3 is 14.5 Å². The third-order valence-electron chi connectivity index (χ3n) is 6.38. The van der Waals surface area contributed by atoms with E-state index in [4.69, 9.17) is 0 Å². The highest BCUT2D eigenvalue weighted by atomic mass is 19.1. The first kappa shape index (κ1) is 19.8. The molecule has 1 aliphatic carbocycles. The van der Waals surface area contributed by atoms with Crippen LogP contribution in [0.5, 0.6) is 0 Å². The second-order valence-electron chi connectivity index (χ2n) is 8.78. The predicted octanol–water partition coefficient (Wildman–Crippen LogP) is 4.65. The number of halogens is 1. The van der Waals surface area contributed by atoms with Gasteiger partial charge in [-0.05, 0) is 56.0 Å². The minimum atomic E-state index is -0.568. The molecule has 0 atom stereocenters. The van der Waals surface area contributed by atoms with Gasteiger partial charge in [-0.15, -0.1) is 0 Å². The van der Waals surface area contributed by atoms with Crippen LogP contribution in [0.4, 0.5) is 10.2 Å². The zero-order valence-corrected chi connectivity index (χ0v) is 18.3. The van der Waals surface area contributed by atoms with Crippen molar-refractivity contribution in [2.24, 2.45) is 0 Å². The SMILES string of the molecule is Cc1cc(F)c(C(=O)Nc2cccc(-c3cnc4n3CCC4)n2)cc1-n1cnc(C2CC2)c1. The summed E-state index contributed by atoms with van der Waals surface area (Å²) in [5, 5.41) is 2.76. The summed E-state index contributed by atoms with van der Waals surface area (Å²) in [4.78, 5) is 26.5. The molecule has 1 aliphatic heterocycles. The minimum Gasteiger partial charge on any atom is -0.327 e. The van der Waals surface area contributed by atoms with Crippen molar-refractivity contribution < 1.29 is 9.18 Å². The maximum absolute atomic E-state index is 14.8. The van der Waals surface area contributed by atoms with E-state index < -0.39 is 11.7 Å². The molecule has 1 amide bonds. The molecule has 7 nitrogen and oxygen atoms in total. The fourth-order valence-corrected chi connectivity index (χ4v) is 4.47. The summed E-state index contributed by atoms with van der Waals surface area (Å²) in [6.07, 6.45) is 9.85. The average molecular weight is 442 g/mol. The summed E-state index contributed by atoms with van der Waals surface area (Å²) < 4.78 is 18.8. The molecule has 166 valence electrons. The van der Waals surface area contributed by atoms with Gasteiger partial charge in [0.15, 0.2) is 0 Å². The number of aryl methyl sites for hydroxylation is 2. The number of imidazole rings is 2. The van der Waals surface area contributed by atoms with Crippen molar-refractivity contribution in [1.29, 1.82) is 0 Å². The number of carbonyl (C=O) groups excluding carboxylic acids is 1. The van der Waals surface area contributed by atoms with E-state index in [2.05, 4.69) is 24.8 Å². The largest absolute Gasteiger partial charge is 0.327 e. The van der Waals surface area contributed by atoms with Gasteiger partial charge in [0.2, 0.25) is 0 Å². The van der Waals surface area contributed by atoms with Gasteiger partial charge in [0, 0.05) is 25.1 Å². The lowest BCUT2D eigenvalue weighted by Gasteiger charge is -2.12. The van der Waals surface area contributed by atoms with Gasteiger partial charge in [-0.25, -0.2) is 19.3 Å². The molecule has 33 heavy (non-hydrogen) atoms. The molecule has 4 aromatic rings. The highest BCUT2D eigenvalue weighted by Gasteiger charge is 2.26. The lowest BCUT2D eigenvalue weighted by atomic mass is 10.1. The molecule has 0 saturated heterocycles.